The van der Waals surface area contributed by atoms with Crippen LogP contribution in [0.5, 0.6) is 0 Å². The van der Waals surface area contributed by atoms with Gasteiger partial charge in [-0.15, -0.1) is 0 Å². The summed E-state index contributed by atoms with van der Waals surface area (Å²) < 4.78 is 1.12. The fraction of sp³-hybridized carbons (Fsp3) is 0.250. The molecule has 0 aliphatic carbocycles. The van der Waals surface area contributed by atoms with Gasteiger partial charge in [0.1, 0.15) is 0 Å². The van der Waals surface area contributed by atoms with Crippen molar-refractivity contribution in [1.29, 1.82) is 0 Å². The monoisotopic (exact) mass is 352 g/mol. The third kappa shape index (κ3) is 3.54. The van der Waals surface area contributed by atoms with Gasteiger partial charge < -0.3 is 10.6 Å². The Balaban J connectivity index is 2.20. The maximum atomic E-state index is 6.29. The number of rotatable bonds is 4. The van der Waals surface area contributed by atoms with Crippen molar-refractivity contribution in [2.24, 2.45) is 5.73 Å². The maximum absolute atomic E-state index is 6.29. The topological polar surface area (TPSA) is 29.3 Å². The predicted molar refractivity (Wildman–Crippen MR) is 90.3 cm³/mol. The van der Waals surface area contributed by atoms with Crippen molar-refractivity contribution in [2.75, 3.05) is 11.9 Å². The summed E-state index contributed by atoms with van der Waals surface area (Å²) in [5.41, 5.74) is 9.17. The standard InChI is InChI=1S/C16H18BrClN2/c1-11(19)14-8-7-13(9-16(14)18)20(2)10-12-5-3-4-6-15(12)17/h3-9,11H,10,19H2,1-2H3. The van der Waals surface area contributed by atoms with Gasteiger partial charge in [0.05, 0.1) is 0 Å². The molecule has 1 unspecified atom stereocenters. The van der Waals surface area contributed by atoms with Crippen LogP contribution in [0.3, 0.4) is 0 Å². The summed E-state index contributed by atoms with van der Waals surface area (Å²) in [5.74, 6) is 0. The molecule has 0 saturated heterocycles. The highest BCUT2D eigenvalue weighted by Crippen LogP contribution is 2.28. The minimum absolute atomic E-state index is 0.0508. The van der Waals surface area contributed by atoms with E-state index in [1.807, 2.05) is 31.2 Å². The zero-order valence-corrected chi connectivity index (χ0v) is 13.9. The van der Waals surface area contributed by atoms with Gasteiger partial charge in [0.25, 0.3) is 0 Å². The number of halogens is 2. The molecule has 2 rings (SSSR count). The number of hydrogen-bond acceptors (Lipinski definition) is 2. The van der Waals surface area contributed by atoms with E-state index in [1.54, 1.807) is 0 Å². The van der Waals surface area contributed by atoms with Gasteiger partial charge in [0.15, 0.2) is 0 Å². The molecule has 2 nitrogen and oxygen atoms in total. The van der Waals surface area contributed by atoms with Crippen molar-refractivity contribution in [2.45, 2.75) is 19.5 Å². The summed E-state index contributed by atoms with van der Waals surface area (Å²) in [6, 6.07) is 14.2. The SMILES string of the molecule is CC(N)c1ccc(N(C)Cc2ccccc2Br)cc1Cl. The van der Waals surface area contributed by atoms with Gasteiger partial charge >= 0.3 is 0 Å². The van der Waals surface area contributed by atoms with Gasteiger partial charge in [-0.05, 0) is 36.2 Å². The Bertz CT molecular complexity index is 599. The smallest absolute Gasteiger partial charge is 0.0474 e. The molecule has 0 radical (unpaired) electrons. The van der Waals surface area contributed by atoms with Gasteiger partial charge in [-0.3, -0.25) is 0 Å². The lowest BCUT2D eigenvalue weighted by atomic mass is 10.1. The molecule has 2 aromatic carbocycles. The van der Waals surface area contributed by atoms with E-state index in [0.29, 0.717) is 0 Å². The summed E-state index contributed by atoms with van der Waals surface area (Å²) in [6.07, 6.45) is 0. The van der Waals surface area contributed by atoms with E-state index in [1.165, 1.54) is 5.56 Å². The first-order valence-corrected chi connectivity index (χ1v) is 7.65. The van der Waals surface area contributed by atoms with E-state index < -0.39 is 0 Å². The lowest BCUT2D eigenvalue weighted by Gasteiger charge is -2.21. The number of hydrogen-bond donors (Lipinski definition) is 1. The van der Waals surface area contributed by atoms with Crippen molar-refractivity contribution in [1.82, 2.24) is 0 Å². The van der Waals surface area contributed by atoms with E-state index >= 15 is 0 Å². The van der Waals surface area contributed by atoms with Crippen LogP contribution >= 0.6 is 27.5 Å². The van der Waals surface area contributed by atoms with Gasteiger partial charge in [0, 0.05) is 34.8 Å². The Morgan fingerprint density at radius 1 is 1.25 bits per heavy atom. The molecular formula is C16H18BrClN2. The zero-order chi connectivity index (χ0) is 14.7. The van der Waals surface area contributed by atoms with Crippen LogP contribution in [0.4, 0.5) is 5.69 Å². The zero-order valence-electron chi connectivity index (χ0n) is 11.6. The van der Waals surface area contributed by atoms with Crippen LogP contribution in [0.1, 0.15) is 24.1 Å². The Morgan fingerprint density at radius 3 is 2.55 bits per heavy atom. The lowest BCUT2D eigenvalue weighted by molar-refractivity contribution is 0.817. The van der Waals surface area contributed by atoms with E-state index in [4.69, 9.17) is 17.3 Å². The van der Waals surface area contributed by atoms with Crippen molar-refractivity contribution < 1.29 is 0 Å². The van der Waals surface area contributed by atoms with Gasteiger partial charge in [-0.1, -0.05) is 51.8 Å². The molecule has 1 atom stereocenters. The minimum atomic E-state index is -0.0508. The first-order valence-electron chi connectivity index (χ1n) is 6.48. The maximum Gasteiger partial charge on any atom is 0.0474 e. The normalized spacial score (nSPS) is 12.2. The van der Waals surface area contributed by atoms with Gasteiger partial charge in [0.2, 0.25) is 0 Å². The molecule has 4 heteroatoms. The van der Waals surface area contributed by atoms with Crippen LogP contribution in [0.2, 0.25) is 5.02 Å². The van der Waals surface area contributed by atoms with E-state index in [-0.39, 0.29) is 6.04 Å². The fourth-order valence-corrected chi connectivity index (χ4v) is 2.85. The van der Waals surface area contributed by atoms with E-state index in [0.717, 1.165) is 27.3 Å². The molecular weight excluding hydrogens is 336 g/mol. The van der Waals surface area contributed by atoms with Crippen molar-refractivity contribution in [3.8, 4) is 0 Å². The first-order chi connectivity index (χ1) is 9.49. The van der Waals surface area contributed by atoms with Crippen LogP contribution in [-0.4, -0.2) is 7.05 Å². The second-order valence-corrected chi connectivity index (χ2v) is 6.20. The first kappa shape index (κ1) is 15.4. The summed E-state index contributed by atoms with van der Waals surface area (Å²) in [4.78, 5) is 2.16. The highest BCUT2D eigenvalue weighted by atomic mass is 79.9. The Hall–Kier alpha value is -1.03. The molecule has 0 fully saturated rings. The quantitative estimate of drug-likeness (QED) is 0.858. The minimum Gasteiger partial charge on any atom is -0.370 e. The van der Waals surface area contributed by atoms with Gasteiger partial charge in [-0.2, -0.15) is 0 Å². The Labute approximate surface area is 133 Å². The summed E-state index contributed by atoms with van der Waals surface area (Å²) in [7, 11) is 2.05. The van der Waals surface area contributed by atoms with Crippen molar-refractivity contribution >= 4 is 33.2 Å². The van der Waals surface area contributed by atoms with E-state index in [2.05, 4.69) is 46.1 Å². The van der Waals surface area contributed by atoms with Crippen LogP contribution in [-0.2, 0) is 6.54 Å². The Kier molecular flexibility index (Phi) is 5.08. The summed E-state index contributed by atoms with van der Waals surface area (Å²) in [6.45, 7) is 2.75. The molecule has 0 saturated carbocycles. The second kappa shape index (κ2) is 6.61. The molecule has 106 valence electrons. The Morgan fingerprint density at radius 2 is 1.95 bits per heavy atom. The predicted octanol–water partition coefficient (Wildman–Crippen LogP) is 4.76. The number of benzene rings is 2. The average Bonchev–Trinajstić information content (AvgIpc) is 2.40. The van der Waals surface area contributed by atoms with E-state index in [9.17, 15) is 0 Å². The fourth-order valence-electron chi connectivity index (χ4n) is 2.10. The van der Waals surface area contributed by atoms with Crippen LogP contribution in [0.15, 0.2) is 46.9 Å². The molecule has 2 aromatic rings. The third-order valence-electron chi connectivity index (χ3n) is 3.28. The molecule has 0 aliphatic rings. The highest BCUT2D eigenvalue weighted by molar-refractivity contribution is 9.10. The molecule has 0 aliphatic heterocycles. The number of anilines is 1. The summed E-state index contributed by atoms with van der Waals surface area (Å²) in [5, 5.41) is 0.719. The average molecular weight is 354 g/mol. The molecule has 2 N–H and O–H groups in total. The molecule has 0 amide bonds. The second-order valence-electron chi connectivity index (χ2n) is 4.94. The third-order valence-corrected chi connectivity index (χ3v) is 4.38. The van der Waals surface area contributed by atoms with Crippen LogP contribution in [0.25, 0.3) is 0 Å². The van der Waals surface area contributed by atoms with Crippen molar-refractivity contribution in [3.05, 3.63) is 63.1 Å². The molecule has 0 bridgehead atoms. The molecule has 0 aromatic heterocycles. The molecule has 20 heavy (non-hydrogen) atoms. The van der Waals surface area contributed by atoms with Crippen LogP contribution < -0.4 is 10.6 Å². The lowest BCUT2D eigenvalue weighted by Crippen LogP contribution is -2.17. The summed E-state index contributed by atoms with van der Waals surface area (Å²) >= 11 is 9.86. The molecule has 0 heterocycles. The number of nitrogens with zero attached hydrogens (tertiary/aromatic N) is 1. The van der Waals surface area contributed by atoms with Gasteiger partial charge in [-0.25, -0.2) is 0 Å². The largest absolute Gasteiger partial charge is 0.370 e. The van der Waals surface area contributed by atoms with Crippen molar-refractivity contribution in [3.63, 3.8) is 0 Å². The molecule has 0 spiro atoms. The van der Waals surface area contributed by atoms with Crippen LogP contribution in [0, 0.1) is 0 Å². The number of nitrogens with two attached hydrogens (primary N) is 1. The highest BCUT2D eigenvalue weighted by Gasteiger charge is 2.09.